The van der Waals surface area contributed by atoms with Gasteiger partial charge in [0.2, 0.25) is 5.95 Å². The van der Waals surface area contributed by atoms with E-state index in [-0.39, 0.29) is 12.5 Å². The predicted molar refractivity (Wildman–Crippen MR) is 133 cm³/mol. The lowest BCUT2D eigenvalue weighted by Crippen LogP contribution is -2.52. The summed E-state index contributed by atoms with van der Waals surface area (Å²) in [6.45, 7) is 6.21. The molecular weight excluding hydrogens is 447 g/mol. The number of hydrogen-bond acceptors (Lipinski definition) is 8. The molecule has 0 aromatic carbocycles. The Balaban J connectivity index is 1.47. The van der Waals surface area contributed by atoms with E-state index in [1.54, 1.807) is 28.0 Å². The van der Waals surface area contributed by atoms with Crippen LogP contribution in [0.1, 0.15) is 38.7 Å². The summed E-state index contributed by atoms with van der Waals surface area (Å²) in [4.78, 5) is 20.0. The monoisotopic (exact) mass is 476 g/mol. The van der Waals surface area contributed by atoms with E-state index in [2.05, 4.69) is 39.2 Å². The summed E-state index contributed by atoms with van der Waals surface area (Å²) in [6, 6.07) is 3.75. The van der Waals surface area contributed by atoms with E-state index in [1.807, 2.05) is 31.7 Å². The zero-order valence-corrected chi connectivity index (χ0v) is 20.3. The van der Waals surface area contributed by atoms with Crippen molar-refractivity contribution in [1.29, 1.82) is 0 Å². The normalized spacial score (nSPS) is 20.5. The fourth-order valence-corrected chi connectivity index (χ4v) is 4.47. The molecule has 4 aromatic rings. The zero-order valence-electron chi connectivity index (χ0n) is 20.3. The highest BCUT2D eigenvalue weighted by Gasteiger charge is 2.39. The Hall–Kier alpha value is -3.66. The second kappa shape index (κ2) is 8.84. The lowest BCUT2D eigenvalue weighted by Gasteiger charge is -2.38. The number of aromatic nitrogens is 6. The molecule has 5 rings (SSSR count). The molecule has 1 aliphatic rings. The largest absolute Gasteiger partial charge is 0.390 e. The molecule has 4 aromatic heterocycles. The van der Waals surface area contributed by atoms with Gasteiger partial charge in [-0.1, -0.05) is 13.8 Å². The topological polar surface area (TPSA) is 105 Å². The van der Waals surface area contributed by atoms with Gasteiger partial charge in [0.25, 0.3) is 0 Å². The molecule has 5 heterocycles. The molecule has 9 nitrogen and oxygen atoms in total. The third kappa shape index (κ3) is 4.53. The maximum Gasteiger partial charge on any atom is 0.227 e. The fourth-order valence-electron chi connectivity index (χ4n) is 4.47. The van der Waals surface area contributed by atoms with Crippen molar-refractivity contribution in [2.24, 2.45) is 7.05 Å². The first-order valence-corrected chi connectivity index (χ1v) is 11.7. The number of rotatable bonds is 5. The fraction of sp³-hybridized carbons (Fsp3) is 0.400. The van der Waals surface area contributed by atoms with Crippen LogP contribution in [0.3, 0.4) is 0 Å². The standard InChI is InChI=1S/C25H29FN8O/c1-15(2)18-11-29-23(16-10-30-33(4)13-16)19-12-28-22(9-17(18)19)31-21-5-7-27-24(32-21)34-8-6-20(35)25(3,26)14-34/h5,7,9-13,15,20,35H,6,8,14H2,1-4H3,(H,27,28,31,32)/t20-,25+/m1/s1. The number of anilines is 3. The summed E-state index contributed by atoms with van der Waals surface area (Å²) in [5.74, 6) is 1.88. The van der Waals surface area contributed by atoms with Crippen molar-refractivity contribution >= 4 is 28.4 Å². The van der Waals surface area contributed by atoms with Crippen molar-refractivity contribution in [2.45, 2.75) is 44.9 Å². The Labute approximate surface area is 203 Å². The van der Waals surface area contributed by atoms with Crippen LogP contribution in [-0.2, 0) is 7.05 Å². The molecule has 2 N–H and O–H groups in total. The van der Waals surface area contributed by atoms with E-state index in [9.17, 15) is 9.50 Å². The molecule has 0 radical (unpaired) electrons. The van der Waals surface area contributed by atoms with Crippen LogP contribution in [0.2, 0.25) is 0 Å². The molecule has 0 unspecified atom stereocenters. The molecular formula is C25H29FN8O. The van der Waals surface area contributed by atoms with Gasteiger partial charge in [-0.2, -0.15) is 10.1 Å². The summed E-state index contributed by atoms with van der Waals surface area (Å²) < 4.78 is 16.4. The molecule has 1 saturated heterocycles. The number of nitrogens with zero attached hydrogens (tertiary/aromatic N) is 7. The van der Waals surface area contributed by atoms with Crippen molar-refractivity contribution in [2.75, 3.05) is 23.3 Å². The molecule has 182 valence electrons. The van der Waals surface area contributed by atoms with Crippen LogP contribution < -0.4 is 10.2 Å². The number of nitrogens with one attached hydrogen (secondary N) is 1. The quantitative estimate of drug-likeness (QED) is 0.446. The van der Waals surface area contributed by atoms with E-state index in [4.69, 9.17) is 4.98 Å². The zero-order chi connectivity index (χ0) is 24.7. The van der Waals surface area contributed by atoms with E-state index < -0.39 is 11.8 Å². The third-order valence-corrected chi connectivity index (χ3v) is 6.45. The Morgan fingerprint density at radius 1 is 1.14 bits per heavy atom. The summed E-state index contributed by atoms with van der Waals surface area (Å²) in [5.41, 5.74) is 1.18. The van der Waals surface area contributed by atoms with Gasteiger partial charge in [-0.3, -0.25) is 9.67 Å². The second-order valence-corrected chi connectivity index (χ2v) is 9.61. The van der Waals surface area contributed by atoms with Crippen molar-refractivity contribution in [1.82, 2.24) is 29.7 Å². The summed E-state index contributed by atoms with van der Waals surface area (Å²) in [6.07, 6.45) is 8.45. The minimum absolute atomic E-state index is 0.0354. The molecule has 0 aliphatic carbocycles. The van der Waals surface area contributed by atoms with Gasteiger partial charge >= 0.3 is 0 Å². The van der Waals surface area contributed by atoms with Gasteiger partial charge in [0.05, 0.1) is 24.5 Å². The van der Waals surface area contributed by atoms with Gasteiger partial charge < -0.3 is 15.3 Å². The summed E-state index contributed by atoms with van der Waals surface area (Å²) in [5, 5.41) is 19.5. The summed E-state index contributed by atoms with van der Waals surface area (Å²) >= 11 is 0. The first-order valence-electron chi connectivity index (χ1n) is 11.7. The van der Waals surface area contributed by atoms with Crippen molar-refractivity contribution in [3.05, 3.63) is 48.7 Å². The van der Waals surface area contributed by atoms with Crippen LogP contribution in [0.15, 0.2) is 43.1 Å². The first kappa shape index (κ1) is 23.1. The minimum Gasteiger partial charge on any atom is -0.390 e. The Kier molecular flexibility index (Phi) is 5.84. The van der Waals surface area contributed by atoms with Gasteiger partial charge in [-0.25, -0.2) is 14.4 Å². The van der Waals surface area contributed by atoms with Gasteiger partial charge in [-0.05, 0) is 42.3 Å². The number of piperidine rings is 1. The molecule has 0 bridgehead atoms. The first-order chi connectivity index (χ1) is 16.7. The maximum absolute atomic E-state index is 14.7. The highest BCUT2D eigenvalue weighted by atomic mass is 19.1. The molecule has 2 atom stereocenters. The SMILES string of the molecule is CC(C)c1cnc(-c2cnn(C)c2)c2cnc(Nc3ccnc(N4CC[C@@H](O)[C@@](C)(F)C4)n3)cc12. The minimum atomic E-state index is -1.71. The van der Waals surface area contributed by atoms with Crippen LogP contribution in [0.25, 0.3) is 22.0 Å². The van der Waals surface area contributed by atoms with E-state index in [0.29, 0.717) is 30.5 Å². The highest BCUT2D eigenvalue weighted by Crippen LogP contribution is 2.33. The number of pyridine rings is 2. The Bertz CT molecular complexity index is 1370. The average molecular weight is 477 g/mol. The second-order valence-electron chi connectivity index (χ2n) is 9.61. The number of aliphatic hydroxyl groups excluding tert-OH is 1. The molecule has 0 amide bonds. The average Bonchev–Trinajstić information content (AvgIpc) is 3.26. The van der Waals surface area contributed by atoms with Crippen LogP contribution in [-0.4, -0.2) is 59.7 Å². The number of aryl methyl sites for hydroxylation is 1. The Morgan fingerprint density at radius 3 is 2.69 bits per heavy atom. The van der Waals surface area contributed by atoms with Gasteiger partial charge in [0.1, 0.15) is 11.6 Å². The number of halogens is 1. The summed E-state index contributed by atoms with van der Waals surface area (Å²) in [7, 11) is 1.88. The van der Waals surface area contributed by atoms with Crippen LogP contribution in [0, 0.1) is 0 Å². The van der Waals surface area contributed by atoms with Crippen molar-refractivity contribution < 1.29 is 9.50 Å². The van der Waals surface area contributed by atoms with E-state index >= 15 is 0 Å². The molecule has 1 fully saturated rings. The molecule has 0 saturated carbocycles. The van der Waals surface area contributed by atoms with Crippen LogP contribution in [0.5, 0.6) is 0 Å². The maximum atomic E-state index is 14.7. The van der Waals surface area contributed by atoms with E-state index in [1.165, 1.54) is 6.92 Å². The number of alkyl halides is 1. The molecule has 1 aliphatic heterocycles. The number of aliphatic hydroxyl groups is 1. The third-order valence-electron chi connectivity index (χ3n) is 6.45. The Morgan fingerprint density at radius 2 is 1.97 bits per heavy atom. The van der Waals surface area contributed by atoms with E-state index in [0.717, 1.165) is 27.6 Å². The lowest BCUT2D eigenvalue weighted by molar-refractivity contribution is -0.00860. The molecule has 10 heteroatoms. The van der Waals surface area contributed by atoms with Crippen LogP contribution >= 0.6 is 0 Å². The number of hydrogen-bond donors (Lipinski definition) is 2. The lowest BCUT2D eigenvalue weighted by atomic mass is 9.94. The number of fused-ring (bicyclic) bond motifs is 1. The van der Waals surface area contributed by atoms with Crippen LogP contribution in [0.4, 0.5) is 22.0 Å². The molecule has 35 heavy (non-hydrogen) atoms. The van der Waals surface area contributed by atoms with Crippen molar-refractivity contribution in [3.8, 4) is 11.3 Å². The molecule has 0 spiro atoms. The highest BCUT2D eigenvalue weighted by molar-refractivity contribution is 5.97. The van der Waals surface area contributed by atoms with Crippen molar-refractivity contribution in [3.63, 3.8) is 0 Å². The smallest absolute Gasteiger partial charge is 0.227 e. The predicted octanol–water partition coefficient (Wildman–Crippen LogP) is 3.99. The van der Waals surface area contributed by atoms with Gasteiger partial charge in [0, 0.05) is 49.3 Å². The van der Waals surface area contributed by atoms with Gasteiger partial charge in [0.15, 0.2) is 5.67 Å². The van der Waals surface area contributed by atoms with Gasteiger partial charge in [-0.15, -0.1) is 0 Å².